The monoisotopic (exact) mass is 203 g/mol. The largest absolute Gasteiger partial charge is 0.478 e. The lowest BCUT2D eigenvalue weighted by atomic mass is 9.96. The third kappa shape index (κ3) is 2.81. The van der Waals surface area contributed by atoms with Crippen LogP contribution in [0.5, 0.6) is 0 Å². The maximum absolute atomic E-state index is 11.0. The fraction of sp³-hybridized carbons (Fsp3) is 0.333. The maximum Gasteiger partial charge on any atom is 0.336 e. The Balaban J connectivity index is 3.16. The van der Waals surface area contributed by atoms with Crippen LogP contribution >= 0.6 is 0 Å². The zero-order chi connectivity index (χ0) is 11.4. The van der Waals surface area contributed by atoms with E-state index >= 15 is 0 Å². The van der Waals surface area contributed by atoms with Gasteiger partial charge in [-0.05, 0) is 30.0 Å². The number of nitrogens with zero attached hydrogens (tertiary/aromatic N) is 1. The number of rotatable bonds is 3. The molecule has 1 aromatic carbocycles. The lowest BCUT2D eigenvalue weighted by Crippen LogP contribution is -2.05. The Bertz CT molecular complexity index is 416. The molecule has 0 spiro atoms. The molecule has 0 fully saturated rings. The Hall–Kier alpha value is -1.82. The summed E-state index contributed by atoms with van der Waals surface area (Å²) in [5.74, 6) is -0.571. The van der Waals surface area contributed by atoms with Crippen LogP contribution in [0.15, 0.2) is 18.2 Å². The van der Waals surface area contributed by atoms with Crippen LogP contribution in [-0.2, 0) is 6.42 Å². The fourth-order valence-electron chi connectivity index (χ4n) is 1.46. The summed E-state index contributed by atoms with van der Waals surface area (Å²) in [5, 5.41) is 17.7. The minimum atomic E-state index is -0.970. The van der Waals surface area contributed by atoms with Gasteiger partial charge in [0.1, 0.15) is 0 Å². The average Bonchev–Trinajstić information content (AvgIpc) is 2.17. The fourth-order valence-corrected chi connectivity index (χ4v) is 1.46. The van der Waals surface area contributed by atoms with Gasteiger partial charge < -0.3 is 5.11 Å². The minimum absolute atomic E-state index is 0.239. The van der Waals surface area contributed by atoms with Gasteiger partial charge in [-0.2, -0.15) is 5.26 Å². The molecule has 1 aromatic rings. The van der Waals surface area contributed by atoms with Gasteiger partial charge in [0, 0.05) is 0 Å². The molecule has 15 heavy (non-hydrogen) atoms. The Labute approximate surface area is 89.0 Å². The van der Waals surface area contributed by atoms with Crippen molar-refractivity contribution >= 4 is 5.97 Å². The van der Waals surface area contributed by atoms with Crippen molar-refractivity contribution in [2.75, 3.05) is 0 Å². The van der Waals surface area contributed by atoms with Gasteiger partial charge in [0.25, 0.3) is 0 Å². The van der Waals surface area contributed by atoms with Crippen LogP contribution in [0.25, 0.3) is 0 Å². The van der Waals surface area contributed by atoms with E-state index in [1.165, 1.54) is 6.07 Å². The molecule has 1 rings (SSSR count). The molecule has 0 amide bonds. The first kappa shape index (κ1) is 11.3. The molecule has 0 atom stereocenters. The molecule has 0 heterocycles. The molecule has 0 bridgehead atoms. The maximum atomic E-state index is 11.0. The van der Waals surface area contributed by atoms with E-state index in [1.54, 1.807) is 12.1 Å². The van der Waals surface area contributed by atoms with Gasteiger partial charge in [0.2, 0.25) is 0 Å². The van der Waals surface area contributed by atoms with Gasteiger partial charge in [-0.1, -0.05) is 19.9 Å². The van der Waals surface area contributed by atoms with Gasteiger partial charge in [-0.25, -0.2) is 4.79 Å². The molecular weight excluding hydrogens is 190 g/mol. The minimum Gasteiger partial charge on any atom is -0.478 e. The van der Waals surface area contributed by atoms with Crippen molar-refractivity contribution in [2.45, 2.75) is 20.3 Å². The number of carbonyl (C=O) groups is 1. The van der Waals surface area contributed by atoms with Crippen LogP contribution in [0, 0.1) is 17.2 Å². The summed E-state index contributed by atoms with van der Waals surface area (Å²) in [6, 6.07) is 6.75. The summed E-state index contributed by atoms with van der Waals surface area (Å²) in [4.78, 5) is 11.0. The van der Waals surface area contributed by atoms with Gasteiger partial charge >= 0.3 is 5.97 Å². The Morgan fingerprint density at radius 1 is 1.53 bits per heavy atom. The van der Waals surface area contributed by atoms with E-state index in [9.17, 15) is 4.79 Å². The summed E-state index contributed by atoms with van der Waals surface area (Å²) in [6.45, 7) is 4.06. The molecule has 0 saturated carbocycles. The summed E-state index contributed by atoms with van der Waals surface area (Å²) >= 11 is 0. The molecule has 0 saturated heterocycles. The summed E-state index contributed by atoms with van der Waals surface area (Å²) < 4.78 is 0. The van der Waals surface area contributed by atoms with E-state index < -0.39 is 5.97 Å². The van der Waals surface area contributed by atoms with Crippen LogP contribution in [0.3, 0.4) is 0 Å². The second-order valence-corrected chi connectivity index (χ2v) is 3.89. The zero-order valence-corrected chi connectivity index (χ0v) is 8.82. The predicted octanol–water partition coefficient (Wildman–Crippen LogP) is 2.45. The van der Waals surface area contributed by atoms with Crippen LogP contribution in [0.2, 0.25) is 0 Å². The molecule has 0 unspecified atom stereocenters. The number of carboxylic acids is 1. The standard InChI is InChI=1S/C12H13NO2/c1-8(2)5-10-4-3-9(7-13)6-11(10)12(14)15/h3-4,6,8H,5H2,1-2H3,(H,14,15). The number of benzene rings is 1. The normalized spacial score (nSPS) is 10.0. The number of hydrogen-bond acceptors (Lipinski definition) is 2. The van der Waals surface area contributed by atoms with E-state index in [1.807, 2.05) is 19.9 Å². The van der Waals surface area contributed by atoms with Crippen molar-refractivity contribution in [3.63, 3.8) is 0 Å². The highest BCUT2D eigenvalue weighted by Crippen LogP contribution is 2.16. The van der Waals surface area contributed by atoms with Gasteiger partial charge in [0.15, 0.2) is 0 Å². The second kappa shape index (κ2) is 4.61. The van der Waals surface area contributed by atoms with Crippen molar-refractivity contribution in [3.05, 3.63) is 34.9 Å². The SMILES string of the molecule is CC(C)Cc1ccc(C#N)cc1C(=O)O. The van der Waals surface area contributed by atoms with Crippen molar-refractivity contribution < 1.29 is 9.90 Å². The van der Waals surface area contributed by atoms with E-state index in [0.29, 0.717) is 17.9 Å². The van der Waals surface area contributed by atoms with Gasteiger partial charge in [-0.3, -0.25) is 0 Å². The molecule has 78 valence electrons. The first-order valence-corrected chi connectivity index (χ1v) is 4.81. The van der Waals surface area contributed by atoms with Crippen LogP contribution in [0.1, 0.15) is 35.3 Å². The number of carboxylic acid groups (broad SMARTS) is 1. The molecule has 0 aromatic heterocycles. The Morgan fingerprint density at radius 2 is 2.20 bits per heavy atom. The predicted molar refractivity (Wildman–Crippen MR) is 56.7 cm³/mol. The Kier molecular flexibility index (Phi) is 3.46. The molecule has 0 aliphatic heterocycles. The van der Waals surface area contributed by atoms with Gasteiger partial charge in [-0.15, -0.1) is 0 Å². The highest BCUT2D eigenvalue weighted by Gasteiger charge is 2.11. The molecule has 1 N–H and O–H groups in total. The highest BCUT2D eigenvalue weighted by molar-refractivity contribution is 5.89. The van der Waals surface area contributed by atoms with Crippen molar-refractivity contribution in [2.24, 2.45) is 5.92 Å². The quantitative estimate of drug-likeness (QED) is 0.820. The summed E-state index contributed by atoms with van der Waals surface area (Å²) in [5.41, 5.74) is 1.42. The van der Waals surface area contributed by atoms with Crippen molar-refractivity contribution in [1.82, 2.24) is 0 Å². The first-order chi connectivity index (χ1) is 7.04. The second-order valence-electron chi connectivity index (χ2n) is 3.89. The lowest BCUT2D eigenvalue weighted by molar-refractivity contribution is 0.0695. The summed E-state index contributed by atoms with van der Waals surface area (Å²) in [6.07, 6.45) is 0.716. The summed E-state index contributed by atoms with van der Waals surface area (Å²) in [7, 11) is 0. The molecular formula is C12H13NO2. The Morgan fingerprint density at radius 3 is 2.67 bits per heavy atom. The van der Waals surface area contributed by atoms with Crippen LogP contribution in [-0.4, -0.2) is 11.1 Å². The molecule has 3 heteroatoms. The molecule has 0 aliphatic carbocycles. The van der Waals surface area contributed by atoms with Gasteiger partial charge in [0.05, 0.1) is 17.2 Å². The van der Waals surface area contributed by atoms with E-state index in [-0.39, 0.29) is 5.56 Å². The molecule has 3 nitrogen and oxygen atoms in total. The van der Waals surface area contributed by atoms with E-state index in [0.717, 1.165) is 5.56 Å². The topological polar surface area (TPSA) is 61.1 Å². The number of aromatic carboxylic acids is 1. The van der Waals surface area contributed by atoms with Crippen LogP contribution < -0.4 is 0 Å². The lowest BCUT2D eigenvalue weighted by Gasteiger charge is -2.08. The van der Waals surface area contributed by atoms with E-state index in [4.69, 9.17) is 10.4 Å². The van der Waals surface area contributed by atoms with Crippen LogP contribution in [0.4, 0.5) is 0 Å². The number of hydrogen-bond donors (Lipinski definition) is 1. The average molecular weight is 203 g/mol. The first-order valence-electron chi connectivity index (χ1n) is 4.81. The van der Waals surface area contributed by atoms with Crippen molar-refractivity contribution in [1.29, 1.82) is 5.26 Å². The highest BCUT2D eigenvalue weighted by atomic mass is 16.4. The van der Waals surface area contributed by atoms with E-state index in [2.05, 4.69) is 0 Å². The molecule has 0 radical (unpaired) electrons. The number of nitriles is 1. The molecule has 0 aliphatic rings. The zero-order valence-electron chi connectivity index (χ0n) is 8.82. The third-order valence-electron chi connectivity index (χ3n) is 2.10. The smallest absolute Gasteiger partial charge is 0.336 e. The third-order valence-corrected chi connectivity index (χ3v) is 2.10. The van der Waals surface area contributed by atoms with Crippen molar-refractivity contribution in [3.8, 4) is 6.07 Å².